The van der Waals surface area contributed by atoms with E-state index in [0.717, 1.165) is 36.3 Å². The summed E-state index contributed by atoms with van der Waals surface area (Å²) in [5.74, 6) is -0.219. The third-order valence-corrected chi connectivity index (χ3v) is 6.27. The van der Waals surface area contributed by atoms with Crippen LogP contribution in [-0.2, 0) is 0 Å². The predicted octanol–water partition coefficient (Wildman–Crippen LogP) is 4.88. The number of rotatable bonds is 10. The second-order valence-electron chi connectivity index (χ2n) is 5.13. The minimum absolute atomic E-state index is 0.219. The van der Waals surface area contributed by atoms with Crippen LogP contribution in [0.2, 0.25) is 0 Å². The minimum Gasteiger partial charge on any atom is -0.384 e. The molecule has 0 aliphatic rings. The Morgan fingerprint density at radius 1 is 1.33 bits per heavy atom. The van der Waals surface area contributed by atoms with Gasteiger partial charge in [0.05, 0.1) is 4.48 Å². The summed E-state index contributed by atoms with van der Waals surface area (Å²) in [4.78, 5) is 4.09. The van der Waals surface area contributed by atoms with Gasteiger partial charge in [0.1, 0.15) is 10.4 Å². The zero-order chi connectivity index (χ0) is 17.9. The van der Waals surface area contributed by atoms with Crippen molar-refractivity contribution in [2.45, 2.75) is 19.9 Å². The summed E-state index contributed by atoms with van der Waals surface area (Å²) in [6.45, 7) is 7.68. The number of nitrogens with zero attached hydrogens (tertiary/aromatic N) is 2. The summed E-state index contributed by atoms with van der Waals surface area (Å²) >= 11 is 9.98. The predicted molar refractivity (Wildman–Crippen MR) is 112 cm³/mol. The van der Waals surface area contributed by atoms with E-state index < -0.39 is 0 Å². The number of hydrazone groups is 1. The Bertz CT molecular complexity index is 549. The highest BCUT2D eigenvalue weighted by atomic mass is 79.9. The van der Waals surface area contributed by atoms with Crippen molar-refractivity contribution in [3.8, 4) is 0 Å². The molecule has 0 spiro atoms. The van der Waals surface area contributed by atoms with E-state index in [1.807, 2.05) is 0 Å². The zero-order valence-electron chi connectivity index (χ0n) is 13.7. The molecule has 4 nitrogen and oxygen atoms in total. The van der Waals surface area contributed by atoms with Crippen LogP contribution in [0.4, 0.5) is 10.1 Å². The lowest BCUT2D eigenvalue weighted by molar-refractivity contribution is 0.223. The van der Waals surface area contributed by atoms with Gasteiger partial charge in [-0.2, -0.15) is 5.10 Å². The molecule has 0 saturated carbocycles. The van der Waals surface area contributed by atoms with E-state index in [0.29, 0.717) is 10.7 Å². The number of hydrogen-bond acceptors (Lipinski definition) is 4. The summed E-state index contributed by atoms with van der Waals surface area (Å²) in [7, 11) is 0. The quantitative estimate of drug-likeness (QED) is 0.336. The van der Waals surface area contributed by atoms with Gasteiger partial charge >= 0.3 is 0 Å². The van der Waals surface area contributed by atoms with Crippen molar-refractivity contribution in [2.75, 3.05) is 31.5 Å². The normalized spacial score (nSPS) is 14.0. The number of nitrogens with one attached hydrogen (secondary N) is 2. The molecule has 1 rings (SSSR count). The van der Waals surface area contributed by atoms with Gasteiger partial charge in [-0.3, -0.25) is 4.90 Å². The first-order chi connectivity index (χ1) is 11.5. The first-order valence-electron chi connectivity index (χ1n) is 7.63. The van der Waals surface area contributed by atoms with E-state index in [1.165, 1.54) is 12.1 Å². The second kappa shape index (κ2) is 12.0. The molecule has 1 atom stereocenters. The molecule has 0 aliphatic heterocycles. The van der Waals surface area contributed by atoms with Crippen LogP contribution in [0.1, 0.15) is 13.8 Å². The van der Waals surface area contributed by atoms with Gasteiger partial charge in [-0.05, 0) is 74.6 Å². The van der Waals surface area contributed by atoms with Crippen molar-refractivity contribution in [3.63, 3.8) is 0 Å². The molecule has 1 aromatic carbocycles. The molecule has 1 unspecified atom stereocenters. The van der Waals surface area contributed by atoms with Crippen LogP contribution in [0.15, 0.2) is 38.8 Å². The Kier molecular flexibility index (Phi) is 10.8. The van der Waals surface area contributed by atoms with Gasteiger partial charge in [-0.15, -0.1) is 0 Å². The van der Waals surface area contributed by atoms with Crippen LogP contribution in [0, 0.1) is 5.82 Å². The molecule has 24 heavy (non-hydrogen) atoms. The Morgan fingerprint density at radius 3 is 2.58 bits per heavy atom. The average molecular weight is 529 g/mol. The number of halogens is 4. The molecular formula is C16H22Br3FN4. The highest BCUT2D eigenvalue weighted by Gasteiger charge is 2.11. The molecular weight excluding hydrogens is 507 g/mol. The Balaban J connectivity index is 2.37. The molecule has 0 aliphatic carbocycles. The Morgan fingerprint density at radius 2 is 2.00 bits per heavy atom. The first-order valence-corrected chi connectivity index (χ1v) is 10.1. The summed E-state index contributed by atoms with van der Waals surface area (Å²) in [5, 5.41) is 7.55. The standard InChI is InChI=1S/C16H22Br3FN4/c1-3-24(9-8-21-14-6-4-13(20)5-7-14)12(2)11-22-23-16(19)15(18)10-17/h4-7,10,12,21-22H,3,8-9,11H2,1-2H3/b15-10-,23-16+. The maximum Gasteiger partial charge on any atom is 0.140 e. The van der Waals surface area contributed by atoms with E-state index in [1.54, 1.807) is 17.1 Å². The van der Waals surface area contributed by atoms with Gasteiger partial charge < -0.3 is 10.7 Å². The molecule has 134 valence electrons. The molecule has 0 heterocycles. The SMILES string of the molecule is CCN(CCNc1ccc(F)cc1)C(C)CN/N=C(Br)\C(Br)=C\Br. The smallest absolute Gasteiger partial charge is 0.140 e. The monoisotopic (exact) mass is 526 g/mol. The topological polar surface area (TPSA) is 39.7 Å². The summed E-state index contributed by atoms with van der Waals surface area (Å²) in [6.07, 6.45) is 0. The average Bonchev–Trinajstić information content (AvgIpc) is 2.59. The highest BCUT2D eigenvalue weighted by molar-refractivity contribution is 9.21. The lowest BCUT2D eigenvalue weighted by Crippen LogP contribution is -2.41. The number of hydrogen-bond donors (Lipinski definition) is 2. The fourth-order valence-corrected chi connectivity index (χ4v) is 2.93. The lowest BCUT2D eigenvalue weighted by Gasteiger charge is -2.27. The zero-order valence-corrected chi connectivity index (χ0v) is 18.5. The van der Waals surface area contributed by atoms with Crippen molar-refractivity contribution < 1.29 is 4.39 Å². The van der Waals surface area contributed by atoms with Crippen LogP contribution in [-0.4, -0.2) is 41.7 Å². The van der Waals surface area contributed by atoms with Crippen LogP contribution < -0.4 is 10.7 Å². The third kappa shape index (κ3) is 8.09. The summed E-state index contributed by atoms with van der Waals surface area (Å²) in [5.41, 5.74) is 4.00. The van der Waals surface area contributed by atoms with Gasteiger partial charge in [0.25, 0.3) is 0 Å². The Hall–Kier alpha value is -0.440. The summed E-state index contributed by atoms with van der Waals surface area (Å²) in [6, 6.07) is 6.75. The summed E-state index contributed by atoms with van der Waals surface area (Å²) < 4.78 is 14.4. The van der Waals surface area contributed by atoms with Crippen molar-refractivity contribution in [1.29, 1.82) is 0 Å². The van der Waals surface area contributed by atoms with E-state index in [9.17, 15) is 4.39 Å². The van der Waals surface area contributed by atoms with E-state index in [-0.39, 0.29) is 5.82 Å². The number of benzene rings is 1. The molecule has 2 N–H and O–H groups in total. The van der Waals surface area contributed by atoms with Crippen molar-refractivity contribution >= 4 is 58.1 Å². The van der Waals surface area contributed by atoms with Crippen LogP contribution in [0.3, 0.4) is 0 Å². The van der Waals surface area contributed by atoms with Crippen LogP contribution in [0.5, 0.6) is 0 Å². The van der Waals surface area contributed by atoms with Gasteiger partial charge in [0.2, 0.25) is 0 Å². The van der Waals surface area contributed by atoms with Gasteiger partial charge in [0.15, 0.2) is 0 Å². The molecule has 0 aromatic heterocycles. The van der Waals surface area contributed by atoms with Crippen molar-refractivity contribution in [3.05, 3.63) is 39.6 Å². The number of anilines is 1. The first kappa shape index (κ1) is 21.6. The van der Waals surface area contributed by atoms with Crippen molar-refractivity contribution in [2.24, 2.45) is 5.10 Å². The molecule has 0 saturated heterocycles. The Labute approximate surface area is 168 Å². The van der Waals surface area contributed by atoms with Crippen LogP contribution in [0.25, 0.3) is 0 Å². The highest BCUT2D eigenvalue weighted by Crippen LogP contribution is 2.14. The fourth-order valence-electron chi connectivity index (χ4n) is 2.08. The van der Waals surface area contributed by atoms with Gasteiger partial charge in [-0.25, -0.2) is 4.39 Å². The number of likely N-dealkylation sites (N-methyl/N-ethyl adjacent to an activating group) is 1. The molecule has 0 amide bonds. The number of allylic oxidation sites excluding steroid dienone is 1. The molecule has 0 radical (unpaired) electrons. The largest absolute Gasteiger partial charge is 0.384 e. The molecule has 8 heteroatoms. The van der Waals surface area contributed by atoms with Gasteiger partial charge in [0, 0.05) is 31.4 Å². The van der Waals surface area contributed by atoms with Gasteiger partial charge in [-0.1, -0.05) is 22.9 Å². The fraction of sp³-hybridized carbons (Fsp3) is 0.438. The van der Waals surface area contributed by atoms with E-state index in [2.05, 4.69) is 82.4 Å². The maximum absolute atomic E-state index is 12.9. The van der Waals surface area contributed by atoms with Crippen LogP contribution >= 0.6 is 47.8 Å². The molecule has 0 fully saturated rings. The molecule has 0 bridgehead atoms. The second-order valence-corrected chi connectivity index (χ2v) is 7.20. The van der Waals surface area contributed by atoms with Crippen molar-refractivity contribution in [1.82, 2.24) is 10.3 Å². The minimum atomic E-state index is -0.219. The lowest BCUT2D eigenvalue weighted by atomic mass is 10.2. The third-order valence-electron chi connectivity index (χ3n) is 3.46. The van der Waals surface area contributed by atoms with E-state index in [4.69, 9.17) is 0 Å². The maximum atomic E-state index is 12.9. The molecule has 1 aromatic rings. The van der Waals surface area contributed by atoms with E-state index >= 15 is 0 Å².